The summed E-state index contributed by atoms with van der Waals surface area (Å²) < 4.78 is 0. The lowest BCUT2D eigenvalue weighted by Gasteiger charge is -2.40. The Labute approximate surface area is 101 Å². The third-order valence-electron chi connectivity index (χ3n) is 3.55. The van der Waals surface area contributed by atoms with Gasteiger partial charge in [0.05, 0.1) is 11.9 Å². The molecule has 0 aliphatic heterocycles. The second-order valence-corrected chi connectivity index (χ2v) is 5.11. The molecule has 1 aromatic heterocycles. The Morgan fingerprint density at radius 3 is 3.18 bits per heavy atom. The molecule has 1 fully saturated rings. The summed E-state index contributed by atoms with van der Waals surface area (Å²) in [5.74, 6) is 1.29. The number of H-pyrrole nitrogens is 1. The van der Waals surface area contributed by atoms with Crippen molar-refractivity contribution in [3.8, 4) is 0 Å². The van der Waals surface area contributed by atoms with Crippen molar-refractivity contribution in [2.75, 3.05) is 11.9 Å². The SMILES string of the molecule is CC1CCCC(CN)(Nc2cc(=O)[nH]cn2)C1. The molecule has 1 aliphatic carbocycles. The van der Waals surface area contributed by atoms with E-state index in [0.29, 0.717) is 18.3 Å². The number of nitrogens with zero attached hydrogens (tertiary/aromatic N) is 1. The topological polar surface area (TPSA) is 83.8 Å². The molecule has 94 valence electrons. The average Bonchev–Trinajstić information content (AvgIpc) is 2.29. The fourth-order valence-electron chi connectivity index (χ4n) is 2.72. The first-order valence-electron chi connectivity index (χ1n) is 6.16. The van der Waals surface area contributed by atoms with Crippen LogP contribution in [0.2, 0.25) is 0 Å². The Hall–Kier alpha value is -1.36. The Morgan fingerprint density at radius 2 is 2.53 bits per heavy atom. The van der Waals surface area contributed by atoms with Gasteiger partial charge in [0.2, 0.25) is 0 Å². The van der Waals surface area contributed by atoms with Crippen LogP contribution in [0.1, 0.15) is 32.6 Å². The monoisotopic (exact) mass is 236 g/mol. The van der Waals surface area contributed by atoms with E-state index in [-0.39, 0.29) is 11.1 Å². The number of anilines is 1. The van der Waals surface area contributed by atoms with Crippen molar-refractivity contribution in [3.63, 3.8) is 0 Å². The molecule has 17 heavy (non-hydrogen) atoms. The zero-order valence-corrected chi connectivity index (χ0v) is 10.2. The van der Waals surface area contributed by atoms with E-state index in [1.165, 1.54) is 25.2 Å². The van der Waals surface area contributed by atoms with Crippen molar-refractivity contribution >= 4 is 5.82 Å². The van der Waals surface area contributed by atoms with Gasteiger partial charge in [0, 0.05) is 12.6 Å². The zero-order chi connectivity index (χ0) is 12.3. The Balaban J connectivity index is 2.16. The standard InChI is InChI=1S/C12H20N4O/c1-9-3-2-4-12(6-9,7-13)16-10-5-11(17)15-8-14-10/h5,8-9H,2-4,6-7,13H2,1H3,(H2,14,15,16,17). The Kier molecular flexibility index (Phi) is 3.47. The van der Waals surface area contributed by atoms with Gasteiger partial charge in [-0.2, -0.15) is 0 Å². The summed E-state index contributed by atoms with van der Waals surface area (Å²) in [4.78, 5) is 17.9. The van der Waals surface area contributed by atoms with Crippen molar-refractivity contribution in [1.29, 1.82) is 0 Å². The van der Waals surface area contributed by atoms with Gasteiger partial charge in [0.1, 0.15) is 5.82 Å². The minimum absolute atomic E-state index is 0.0988. The van der Waals surface area contributed by atoms with Crippen molar-refractivity contribution in [1.82, 2.24) is 9.97 Å². The normalized spacial score (nSPS) is 28.9. The van der Waals surface area contributed by atoms with Crippen molar-refractivity contribution in [3.05, 3.63) is 22.7 Å². The summed E-state index contributed by atoms with van der Waals surface area (Å²) in [7, 11) is 0. The summed E-state index contributed by atoms with van der Waals surface area (Å²) in [5.41, 5.74) is 5.67. The average molecular weight is 236 g/mol. The number of aromatic nitrogens is 2. The number of nitrogens with two attached hydrogens (primary N) is 1. The molecule has 0 radical (unpaired) electrons. The van der Waals surface area contributed by atoms with Crippen LogP contribution < -0.4 is 16.6 Å². The molecule has 2 rings (SSSR count). The maximum atomic E-state index is 11.2. The van der Waals surface area contributed by atoms with E-state index in [0.717, 1.165) is 12.8 Å². The number of rotatable bonds is 3. The summed E-state index contributed by atoms with van der Waals surface area (Å²) in [6, 6.07) is 1.48. The smallest absolute Gasteiger partial charge is 0.252 e. The minimum Gasteiger partial charge on any atom is -0.363 e. The number of hydrogen-bond donors (Lipinski definition) is 3. The lowest BCUT2D eigenvalue weighted by molar-refractivity contribution is 0.263. The van der Waals surface area contributed by atoms with Crippen LogP contribution in [0.15, 0.2) is 17.2 Å². The van der Waals surface area contributed by atoms with Crippen molar-refractivity contribution in [2.24, 2.45) is 11.7 Å². The Morgan fingerprint density at radius 1 is 1.71 bits per heavy atom. The molecule has 5 heteroatoms. The molecule has 1 aliphatic rings. The van der Waals surface area contributed by atoms with Crippen LogP contribution in [-0.4, -0.2) is 22.1 Å². The van der Waals surface area contributed by atoms with Gasteiger partial charge in [0.15, 0.2) is 0 Å². The summed E-state index contributed by atoms with van der Waals surface area (Å²) in [6.07, 6.45) is 5.93. The maximum absolute atomic E-state index is 11.2. The van der Waals surface area contributed by atoms with Gasteiger partial charge in [-0.1, -0.05) is 19.8 Å². The molecule has 0 bridgehead atoms. The third-order valence-corrected chi connectivity index (χ3v) is 3.55. The molecular weight excluding hydrogens is 216 g/mol. The second kappa shape index (κ2) is 4.87. The van der Waals surface area contributed by atoms with Crippen LogP contribution in [-0.2, 0) is 0 Å². The molecule has 1 saturated carbocycles. The van der Waals surface area contributed by atoms with Gasteiger partial charge in [0.25, 0.3) is 5.56 Å². The van der Waals surface area contributed by atoms with Gasteiger partial charge in [-0.3, -0.25) is 4.79 Å². The molecule has 0 spiro atoms. The minimum atomic E-state index is -0.140. The molecule has 1 heterocycles. The largest absolute Gasteiger partial charge is 0.363 e. The molecule has 4 N–H and O–H groups in total. The van der Waals surface area contributed by atoms with Gasteiger partial charge < -0.3 is 16.0 Å². The van der Waals surface area contributed by atoms with Gasteiger partial charge in [-0.05, 0) is 18.8 Å². The number of aromatic amines is 1. The highest BCUT2D eigenvalue weighted by molar-refractivity contribution is 5.36. The first kappa shape index (κ1) is 12.1. The molecule has 2 unspecified atom stereocenters. The molecule has 0 aromatic carbocycles. The molecule has 1 aromatic rings. The predicted octanol–water partition coefficient (Wildman–Crippen LogP) is 1.09. The first-order chi connectivity index (χ1) is 8.13. The van der Waals surface area contributed by atoms with Crippen LogP contribution in [0.25, 0.3) is 0 Å². The third kappa shape index (κ3) is 2.85. The van der Waals surface area contributed by atoms with Gasteiger partial charge >= 0.3 is 0 Å². The van der Waals surface area contributed by atoms with E-state index >= 15 is 0 Å². The van der Waals surface area contributed by atoms with Crippen LogP contribution in [0.4, 0.5) is 5.82 Å². The lowest BCUT2D eigenvalue weighted by atomic mass is 9.76. The summed E-state index contributed by atoms with van der Waals surface area (Å²) in [6.45, 7) is 2.82. The van der Waals surface area contributed by atoms with E-state index in [1.807, 2.05) is 0 Å². The first-order valence-corrected chi connectivity index (χ1v) is 6.16. The van der Waals surface area contributed by atoms with Gasteiger partial charge in [-0.25, -0.2) is 4.98 Å². The van der Waals surface area contributed by atoms with Crippen LogP contribution in [0.3, 0.4) is 0 Å². The lowest BCUT2D eigenvalue weighted by Crippen LogP contribution is -2.49. The highest BCUT2D eigenvalue weighted by atomic mass is 16.1. The number of hydrogen-bond acceptors (Lipinski definition) is 4. The Bertz CT molecular complexity index is 431. The zero-order valence-electron chi connectivity index (χ0n) is 10.2. The fourth-order valence-corrected chi connectivity index (χ4v) is 2.72. The van der Waals surface area contributed by atoms with Gasteiger partial charge in [-0.15, -0.1) is 0 Å². The second-order valence-electron chi connectivity index (χ2n) is 5.11. The van der Waals surface area contributed by atoms with E-state index in [1.54, 1.807) is 0 Å². The molecule has 0 saturated heterocycles. The van der Waals surface area contributed by atoms with E-state index in [9.17, 15) is 4.79 Å². The maximum Gasteiger partial charge on any atom is 0.252 e. The summed E-state index contributed by atoms with van der Waals surface area (Å²) in [5, 5.41) is 3.36. The van der Waals surface area contributed by atoms with E-state index in [4.69, 9.17) is 5.73 Å². The molecule has 5 nitrogen and oxygen atoms in total. The van der Waals surface area contributed by atoms with E-state index in [2.05, 4.69) is 22.2 Å². The van der Waals surface area contributed by atoms with Crippen LogP contribution in [0, 0.1) is 5.92 Å². The van der Waals surface area contributed by atoms with Crippen LogP contribution in [0.5, 0.6) is 0 Å². The molecular formula is C12H20N4O. The fraction of sp³-hybridized carbons (Fsp3) is 0.667. The van der Waals surface area contributed by atoms with Crippen LogP contribution >= 0.6 is 0 Å². The molecule has 2 atom stereocenters. The van der Waals surface area contributed by atoms with Crippen molar-refractivity contribution in [2.45, 2.75) is 38.1 Å². The molecule has 0 amide bonds. The highest BCUT2D eigenvalue weighted by Gasteiger charge is 2.33. The highest BCUT2D eigenvalue weighted by Crippen LogP contribution is 2.33. The van der Waals surface area contributed by atoms with E-state index < -0.39 is 0 Å². The predicted molar refractivity (Wildman–Crippen MR) is 67.9 cm³/mol. The summed E-state index contributed by atoms with van der Waals surface area (Å²) >= 11 is 0. The number of nitrogens with one attached hydrogen (secondary N) is 2. The van der Waals surface area contributed by atoms with Crippen molar-refractivity contribution < 1.29 is 0 Å². The quantitative estimate of drug-likeness (QED) is 0.733.